The van der Waals surface area contributed by atoms with Crippen LogP contribution in [-0.2, 0) is 19.1 Å². The number of ketones is 1. The van der Waals surface area contributed by atoms with Gasteiger partial charge < -0.3 is 4.57 Å². The van der Waals surface area contributed by atoms with Gasteiger partial charge in [-0.05, 0) is 36.2 Å². The Hall–Kier alpha value is -2.04. The van der Waals surface area contributed by atoms with Gasteiger partial charge in [-0.2, -0.15) is 13.2 Å². The lowest BCUT2D eigenvalue weighted by Crippen LogP contribution is -2.10. The smallest absolute Gasteiger partial charge is 0.344 e. The summed E-state index contributed by atoms with van der Waals surface area (Å²) in [6, 6.07) is 6.76. The first-order valence-corrected chi connectivity index (χ1v) is 5.87. The second kappa shape index (κ2) is 3.98. The number of carbonyl (C=O) groups is 1. The molecule has 0 spiro atoms. The molecule has 19 heavy (non-hydrogen) atoms. The lowest BCUT2D eigenvalue weighted by molar-refractivity contribution is -0.137. The second-order valence-corrected chi connectivity index (χ2v) is 4.54. The zero-order valence-electron chi connectivity index (χ0n) is 9.87. The molecule has 0 unspecified atom stereocenters. The largest absolute Gasteiger partial charge is 0.416 e. The molecule has 2 heterocycles. The zero-order valence-corrected chi connectivity index (χ0v) is 9.87. The van der Waals surface area contributed by atoms with Crippen molar-refractivity contribution in [2.24, 2.45) is 0 Å². The van der Waals surface area contributed by atoms with Gasteiger partial charge in [0.1, 0.15) is 0 Å². The molecule has 0 bridgehead atoms. The first kappa shape index (κ1) is 12.0. The zero-order chi connectivity index (χ0) is 13.6. The van der Waals surface area contributed by atoms with Crippen molar-refractivity contribution < 1.29 is 18.0 Å². The molecule has 0 radical (unpaired) electrons. The van der Waals surface area contributed by atoms with Crippen molar-refractivity contribution in [3.8, 4) is 0 Å². The van der Waals surface area contributed by atoms with Gasteiger partial charge in [-0.1, -0.05) is 6.07 Å². The van der Waals surface area contributed by atoms with E-state index in [1.807, 2.05) is 0 Å². The van der Waals surface area contributed by atoms with Crippen molar-refractivity contribution in [1.82, 2.24) is 4.57 Å². The molecule has 1 aromatic heterocycles. The van der Waals surface area contributed by atoms with Gasteiger partial charge in [0, 0.05) is 18.3 Å². The number of aromatic nitrogens is 1. The van der Waals surface area contributed by atoms with E-state index in [1.54, 1.807) is 22.9 Å². The normalized spacial score (nSPS) is 14.8. The van der Waals surface area contributed by atoms with E-state index in [9.17, 15) is 18.0 Å². The monoisotopic (exact) mass is 265 g/mol. The number of rotatable bonds is 0. The van der Waals surface area contributed by atoms with Crippen molar-refractivity contribution >= 4 is 5.78 Å². The summed E-state index contributed by atoms with van der Waals surface area (Å²) in [5.41, 5.74) is 0.492. The standard InChI is InChI=1S/C14H10F3NO/c15-14(16,17)10-4-3-9-5-7-18-6-1-2-12(18)13(19)11(9)8-10/h1-4,6,8H,5,7H2. The molecule has 5 heteroatoms. The molecule has 3 rings (SSSR count). The van der Waals surface area contributed by atoms with Crippen molar-refractivity contribution in [3.63, 3.8) is 0 Å². The molecule has 98 valence electrons. The van der Waals surface area contributed by atoms with Crippen LogP contribution in [0.5, 0.6) is 0 Å². The number of hydrogen-bond acceptors (Lipinski definition) is 1. The van der Waals surface area contributed by atoms with Crippen LogP contribution in [0.1, 0.15) is 27.2 Å². The molecule has 0 fully saturated rings. The maximum absolute atomic E-state index is 12.7. The quantitative estimate of drug-likeness (QED) is 0.716. The Morgan fingerprint density at radius 3 is 2.68 bits per heavy atom. The summed E-state index contributed by atoms with van der Waals surface area (Å²) in [7, 11) is 0. The van der Waals surface area contributed by atoms with Crippen LogP contribution in [0.4, 0.5) is 13.2 Å². The van der Waals surface area contributed by atoms with Crippen molar-refractivity contribution in [2.45, 2.75) is 19.1 Å². The summed E-state index contributed by atoms with van der Waals surface area (Å²) in [4.78, 5) is 12.3. The number of halogens is 3. The molecule has 0 aliphatic carbocycles. The van der Waals surface area contributed by atoms with E-state index < -0.39 is 11.7 Å². The van der Waals surface area contributed by atoms with E-state index in [1.165, 1.54) is 6.07 Å². The third kappa shape index (κ3) is 1.95. The highest BCUT2D eigenvalue weighted by atomic mass is 19.4. The van der Waals surface area contributed by atoms with Crippen molar-refractivity contribution in [1.29, 1.82) is 0 Å². The SMILES string of the molecule is O=C1c2cc(C(F)(F)F)ccc2CCn2cccc21. The summed E-state index contributed by atoms with van der Waals surface area (Å²) in [5.74, 6) is -0.344. The third-order valence-electron chi connectivity index (χ3n) is 3.37. The van der Waals surface area contributed by atoms with Crippen molar-refractivity contribution in [2.75, 3.05) is 0 Å². The van der Waals surface area contributed by atoms with E-state index in [-0.39, 0.29) is 11.3 Å². The Kier molecular flexibility index (Phi) is 2.52. The van der Waals surface area contributed by atoms with Gasteiger partial charge in [0.25, 0.3) is 0 Å². The average molecular weight is 265 g/mol. The van der Waals surface area contributed by atoms with Crippen LogP contribution >= 0.6 is 0 Å². The predicted molar refractivity (Wildman–Crippen MR) is 63.0 cm³/mol. The second-order valence-electron chi connectivity index (χ2n) is 4.54. The number of hydrogen-bond donors (Lipinski definition) is 0. The summed E-state index contributed by atoms with van der Waals surface area (Å²) in [5, 5.41) is 0. The van der Waals surface area contributed by atoms with E-state index >= 15 is 0 Å². The van der Waals surface area contributed by atoms with E-state index in [0.29, 0.717) is 24.2 Å². The Bertz CT molecular complexity index is 655. The third-order valence-corrected chi connectivity index (χ3v) is 3.37. The fraction of sp³-hybridized carbons (Fsp3) is 0.214. The van der Waals surface area contributed by atoms with Crippen LogP contribution in [0, 0.1) is 0 Å². The highest BCUT2D eigenvalue weighted by Gasteiger charge is 2.32. The van der Waals surface area contributed by atoms with E-state index in [0.717, 1.165) is 12.1 Å². The fourth-order valence-electron chi connectivity index (χ4n) is 2.38. The first-order chi connectivity index (χ1) is 8.97. The lowest BCUT2D eigenvalue weighted by Gasteiger charge is -2.10. The van der Waals surface area contributed by atoms with E-state index in [4.69, 9.17) is 0 Å². The topological polar surface area (TPSA) is 22.0 Å². The number of alkyl halides is 3. The predicted octanol–water partition coefficient (Wildman–Crippen LogP) is 3.29. The number of carbonyl (C=O) groups excluding carboxylic acids is 1. The number of nitrogens with zero attached hydrogens (tertiary/aromatic N) is 1. The van der Waals surface area contributed by atoms with Crippen LogP contribution in [0.2, 0.25) is 0 Å². The van der Waals surface area contributed by atoms with Gasteiger partial charge in [0.05, 0.1) is 11.3 Å². The first-order valence-electron chi connectivity index (χ1n) is 5.87. The van der Waals surface area contributed by atoms with Gasteiger partial charge in [0.15, 0.2) is 0 Å². The highest BCUT2D eigenvalue weighted by molar-refractivity contribution is 6.09. The Labute approximate surface area is 107 Å². The number of fused-ring (bicyclic) bond motifs is 2. The van der Waals surface area contributed by atoms with Crippen LogP contribution in [0.15, 0.2) is 36.5 Å². The summed E-state index contributed by atoms with van der Waals surface area (Å²) in [6.45, 7) is 0.604. The molecule has 0 amide bonds. The average Bonchev–Trinajstić information content (AvgIpc) is 2.78. The molecule has 2 aromatic rings. The number of benzene rings is 1. The van der Waals surface area contributed by atoms with Crippen LogP contribution in [0.25, 0.3) is 0 Å². The Morgan fingerprint density at radius 2 is 1.95 bits per heavy atom. The van der Waals surface area contributed by atoms with E-state index in [2.05, 4.69) is 0 Å². The van der Waals surface area contributed by atoms with Crippen LogP contribution < -0.4 is 0 Å². The van der Waals surface area contributed by atoms with Crippen LogP contribution in [-0.4, -0.2) is 10.4 Å². The molecule has 2 nitrogen and oxygen atoms in total. The molecule has 0 atom stereocenters. The summed E-state index contributed by atoms with van der Waals surface area (Å²) < 4.78 is 39.9. The fourth-order valence-corrected chi connectivity index (χ4v) is 2.38. The Morgan fingerprint density at radius 1 is 1.16 bits per heavy atom. The molecular weight excluding hydrogens is 255 g/mol. The molecule has 0 saturated heterocycles. The molecule has 1 aliphatic rings. The summed E-state index contributed by atoms with van der Waals surface area (Å²) >= 11 is 0. The minimum atomic E-state index is -4.43. The van der Waals surface area contributed by atoms with Gasteiger partial charge >= 0.3 is 6.18 Å². The molecule has 1 aliphatic heterocycles. The van der Waals surface area contributed by atoms with Crippen LogP contribution in [0.3, 0.4) is 0 Å². The molecule has 0 saturated carbocycles. The summed E-state index contributed by atoms with van der Waals surface area (Å²) in [6.07, 6.45) is -2.10. The van der Waals surface area contributed by atoms with Gasteiger partial charge in [0.2, 0.25) is 5.78 Å². The molecular formula is C14H10F3NO. The van der Waals surface area contributed by atoms with Gasteiger partial charge in [-0.15, -0.1) is 0 Å². The van der Waals surface area contributed by atoms with Gasteiger partial charge in [-0.25, -0.2) is 0 Å². The Balaban J connectivity index is 2.15. The number of aryl methyl sites for hydroxylation is 2. The van der Waals surface area contributed by atoms with Gasteiger partial charge in [-0.3, -0.25) is 4.79 Å². The van der Waals surface area contributed by atoms with Crippen molar-refractivity contribution in [3.05, 3.63) is 58.9 Å². The minimum absolute atomic E-state index is 0.160. The maximum atomic E-state index is 12.7. The highest BCUT2D eigenvalue weighted by Crippen LogP contribution is 2.32. The lowest BCUT2D eigenvalue weighted by atomic mass is 9.98. The maximum Gasteiger partial charge on any atom is 0.416 e. The minimum Gasteiger partial charge on any atom is -0.344 e. The molecule has 1 aromatic carbocycles. The molecule has 0 N–H and O–H groups in total.